The number of rotatable bonds is 2. The molecule has 5 nitrogen and oxygen atoms in total. The molecular weight excluding hydrogens is 261 g/mol. The first-order valence-electron chi connectivity index (χ1n) is 6.15. The third-order valence-corrected chi connectivity index (χ3v) is 3.32. The van der Waals surface area contributed by atoms with Gasteiger partial charge in [-0.05, 0) is 12.8 Å². The predicted molar refractivity (Wildman–Crippen MR) is 60.6 cm³/mol. The number of carbonyl (C=O) groups excluding carboxylic acids is 1. The van der Waals surface area contributed by atoms with Crippen LogP contribution < -0.4 is 10.6 Å². The second kappa shape index (κ2) is 4.22. The average molecular weight is 274 g/mol. The van der Waals surface area contributed by atoms with Crippen LogP contribution >= 0.6 is 0 Å². The zero-order chi connectivity index (χ0) is 13.6. The summed E-state index contributed by atoms with van der Waals surface area (Å²) in [4.78, 5) is 15.5. The van der Waals surface area contributed by atoms with Crippen LogP contribution in [0, 0.1) is 0 Å². The molecule has 1 amide bonds. The molecule has 1 aromatic rings. The quantitative estimate of drug-likeness (QED) is 0.856. The Morgan fingerprint density at radius 2 is 2.16 bits per heavy atom. The molecule has 19 heavy (non-hydrogen) atoms. The second-order valence-electron chi connectivity index (χ2n) is 4.82. The van der Waals surface area contributed by atoms with E-state index in [1.165, 1.54) is 0 Å². The zero-order valence-corrected chi connectivity index (χ0v) is 10.0. The third-order valence-electron chi connectivity index (χ3n) is 3.32. The molecule has 0 aromatic carbocycles. The number of alkyl halides is 3. The SMILES string of the molecule is O=C(Nc1c(C2CC2)nc2n1CCNC2)C(F)(F)F. The lowest BCUT2D eigenvalue weighted by molar-refractivity contribution is -0.167. The van der Waals surface area contributed by atoms with Gasteiger partial charge in [0.2, 0.25) is 0 Å². The molecule has 3 rings (SSSR count). The number of halogens is 3. The van der Waals surface area contributed by atoms with Crippen molar-refractivity contribution in [1.82, 2.24) is 14.9 Å². The van der Waals surface area contributed by atoms with Crippen LogP contribution in [0.1, 0.15) is 30.3 Å². The number of carbonyl (C=O) groups is 1. The van der Waals surface area contributed by atoms with E-state index in [-0.39, 0.29) is 11.7 Å². The summed E-state index contributed by atoms with van der Waals surface area (Å²) in [7, 11) is 0. The first-order valence-corrected chi connectivity index (χ1v) is 6.15. The maximum Gasteiger partial charge on any atom is 0.471 e. The normalized spacial score (nSPS) is 19.1. The van der Waals surface area contributed by atoms with Crippen molar-refractivity contribution in [3.05, 3.63) is 11.5 Å². The van der Waals surface area contributed by atoms with Crippen molar-refractivity contribution in [2.45, 2.75) is 38.0 Å². The van der Waals surface area contributed by atoms with Crippen LogP contribution in [0.5, 0.6) is 0 Å². The van der Waals surface area contributed by atoms with Gasteiger partial charge in [0.25, 0.3) is 0 Å². The summed E-state index contributed by atoms with van der Waals surface area (Å²) in [6.07, 6.45) is -3.05. The Hall–Kier alpha value is -1.57. The fourth-order valence-corrected chi connectivity index (χ4v) is 2.24. The molecule has 104 valence electrons. The number of nitrogens with zero attached hydrogens (tertiary/aromatic N) is 2. The molecule has 1 saturated carbocycles. The van der Waals surface area contributed by atoms with Crippen LogP contribution in [0.4, 0.5) is 19.0 Å². The second-order valence-corrected chi connectivity index (χ2v) is 4.82. The molecule has 2 heterocycles. The highest BCUT2D eigenvalue weighted by Crippen LogP contribution is 2.43. The standard InChI is InChI=1S/C11H13F3N4O/c12-11(13,14)10(19)17-9-8(6-1-2-6)16-7-5-15-3-4-18(7)9/h6,15H,1-5H2,(H,17,19). The van der Waals surface area contributed by atoms with Gasteiger partial charge >= 0.3 is 12.1 Å². The average Bonchev–Trinajstić information content (AvgIpc) is 3.12. The summed E-state index contributed by atoms with van der Waals surface area (Å²) in [6, 6.07) is 0. The van der Waals surface area contributed by atoms with Gasteiger partial charge in [0.15, 0.2) is 0 Å². The largest absolute Gasteiger partial charge is 0.471 e. The number of hydrogen-bond acceptors (Lipinski definition) is 3. The smallest absolute Gasteiger partial charge is 0.312 e. The van der Waals surface area contributed by atoms with E-state index in [9.17, 15) is 18.0 Å². The van der Waals surface area contributed by atoms with Gasteiger partial charge in [-0.3, -0.25) is 4.79 Å². The van der Waals surface area contributed by atoms with Crippen LogP contribution in [0.3, 0.4) is 0 Å². The van der Waals surface area contributed by atoms with Crippen LogP contribution in [0.25, 0.3) is 0 Å². The topological polar surface area (TPSA) is 59.0 Å². The summed E-state index contributed by atoms with van der Waals surface area (Å²) in [6.45, 7) is 1.69. The summed E-state index contributed by atoms with van der Waals surface area (Å²) in [5.74, 6) is -0.843. The van der Waals surface area contributed by atoms with E-state index < -0.39 is 12.1 Å². The number of hydrogen-bond donors (Lipinski definition) is 2. The van der Waals surface area contributed by atoms with Crippen LogP contribution in [-0.2, 0) is 17.9 Å². The van der Waals surface area contributed by atoms with Gasteiger partial charge in [0.05, 0.1) is 12.2 Å². The van der Waals surface area contributed by atoms with Gasteiger partial charge in [0, 0.05) is 19.0 Å². The van der Waals surface area contributed by atoms with Gasteiger partial charge in [0.1, 0.15) is 11.6 Å². The Labute approximate surface area is 107 Å². The fraction of sp³-hybridized carbons (Fsp3) is 0.636. The number of aromatic nitrogens is 2. The van der Waals surface area contributed by atoms with Gasteiger partial charge in [-0.15, -0.1) is 0 Å². The maximum absolute atomic E-state index is 12.4. The van der Waals surface area contributed by atoms with E-state index >= 15 is 0 Å². The van der Waals surface area contributed by atoms with Crippen LogP contribution in [0.2, 0.25) is 0 Å². The zero-order valence-electron chi connectivity index (χ0n) is 10.0. The number of nitrogens with one attached hydrogen (secondary N) is 2. The lowest BCUT2D eigenvalue weighted by Crippen LogP contribution is -2.33. The van der Waals surface area contributed by atoms with Crippen molar-refractivity contribution in [3.63, 3.8) is 0 Å². The molecule has 0 radical (unpaired) electrons. The van der Waals surface area contributed by atoms with E-state index in [2.05, 4.69) is 10.3 Å². The first kappa shape index (κ1) is 12.5. The highest BCUT2D eigenvalue weighted by molar-refractivity contribution is 5.94. The number of imidazole rings is 1. The molecule has 1 aromatic heterocycles. The third kappa shape index (κ3) is 2.32. The minimum absolute atomic E-state index is 0.182. The van der Waals surface area contributed by atoms with Crippen molar-refractivity contribution >= 4 is 11.7 Å². The summed E-state index contributed by atoms with van der Waals surface area (Å²) in [5, 5.41) is 5.09. The first-order chi connectivity index (χ1) is 8.97. The minimum atomic E-state index is -4.88. The van der Waals surface area contributed by atoms with Crippen LogP contribution in [0.15, 0.2) is 0 Å². The molecule has 0 bridgehead atoms. The molecule has 0 saturated heterocycles. The Kier molecular flexibility index (Phi) is 2.77. The van der Waals surface area contributed by atoms with E-state index in [1.807, 2.05) is 5.32 Å². The highest BCUT2D eigenvalue weighted by atomic mass is 19.4. The van der Waals surface area contributed by atoms with Crippen molar-refractivity contribution < 1.29 is 18.0 Å². The number of anilines is 1. The van der Waals surface area contributed by atoms with E-state index in [0.717, 1.165) is 12.8 Å². The van der Waals surface area contributed by atoms with Gasteiger partial charge in [-0.25, -0.2) is 4.98 Å². The number of amides is 1. The monoisotopic (exact) mass is 274 g/mol. The van der Waals surface area contributed by atoms with Crippen molar-refractivity contribution in [1.29, 1.82) is 0 Å². The van der Waals surface area contributed by atoms with E-state index in [1.54, 1.807) is 4.57 Å². The summed E-state index contributed by atoms with van der Waals surface area (Å²) in [5.41, 5.74) is 0.594. The van der Waals surface area contributed by atoms with Crippen molar-refractivity contribution in [3.8, 4) is 0 Å². The molecule has 2 aliphatic rings. The van der Waals surface area contributed by atoms with Crippen molar-refractivity contribution in [2.24, 2.45) is 0 Å². The van der Waals surface area contributed by atoms with E-state index in [0.29, 0.717) is 31.2 Å². The lowest BCUT2D eigenvalue weighted by atomic mass is 10.3. The fourth-order valence-electron chi connectivity index (χ4n) is 2.24. The Morgan fingerprint density at radius 3 is 2.79 bits per heavy atom. The molecule has 1 fully saturated rings. The molecule has 8 heteroatoms. The molecule has 0 atom stereocenters. The molecule has 0 spiro atoms. The molecule has 1 aliphatic heterocycles. The number of fused-ring (bicyclic) bond motifs is 1. The minimum Gasteiger partial charge on any atom is -0.312 e. The van der Waals surface area contributed by atoms with Gasteiger partial charge < -0.3 is 15.2 Å². The Balaban J connectivity index is 1.94. The highest BCUT2D eigenvalue weighted by Gasteiger charge is 2.41. The summed E-state index contributed by atoms with van der Waals surface area (Å²) < 4.78 is 38.8. The summed E-state index contributed by atoms with van der Waals surface area (Å²) >= 11 is 0. The molecular formula is C11H13F3N4O. The van der Waals surface area contributed by atoms with E-state index in [4.69, 9.17) is 0 Å². The molecule has 2 N–H and O–H groups in total. The maximum atomic E-state index is 12.4. The Bertz CT molecular complexity index is 519. The molecule has 1 aliphatic carbocycles. The predicted octanol–water partition coefficient (Wildman–Crippen LogP) is 1.36. The van der Waals surface area contributed by atoms with Crippen molar-refractivity contribution in [2.75, 3.05) is 11.9 Å². The van der Waals surface area contributed by atoms with Crippen LogP contribution in [-0.4, -0.2) is 28.2 Å². The van der Waals surface area contributed by atoms with Gasteiger partial charge in [-0.2, -0.15) is 13.2 Å². The molecule has 0 unspecified atom stereocenters. The Morgan fingerprint density at radius 1 is 1.42 bits per heavy atom. The lowest BCUT2D eigenvalue weighted by Gasteiger charge is -2.18. The van der Waals surface area contributed by atoms with Gasteiger partial charge in [-0.1, -0.05) is 0 Å².